The lowest BCUT2D eigenvalue weighted by Crippen LogP contribution is -2.14. The van der Waals surface area contributed by atoms with Crippen LogP contribution in [0.5, 0.6) is 0 Å². The fourth-order valence-electron chi connectivity index (χ4n) is 3.51. The molecule has 0 saturated heterocycles. The van der Waals surface area contributed by atoms with Crippen LogP contribution in [0.4, 0.5) is 11.5 Å². The molecule has 0 unspecified atom stereocenters. The Morgan fingerprint density at radius 1 is 0.929 bits per heavy atom. The molecule has 0 bridgehead atoms. The van der Waals surface area contributed by atoms with Crippen molar-refractivity contribution in [1.29, 1.82) is 0 Å². The number of nitrogens with two attached hydrogens (primary N) is 3. The molecule has 4 rings (SSSR count). The van der Waals surface area contributed by atoms with Crippen molar-refractivity contribution >= 4 is 28.3 Å². The SMILES string of the molecule is NC(=O)c1ccccc1CCc1cc(N)cc(-c2ccc3c(N)n[nH]c3c2)c1. The van der Waals surface area contributed by atoms with Crippen molar-refractivity contribution in [3.8, 4) is 11.1 Å². The van der Waals surface area contributed by atoms with E-state index in [2.05, 4.69) is 16.3 Å². The highest BCUT2D eigenvalue weighted by Crippen LogP contribution is 2.28. The summed E-state index contributed by atoms with van der Waals surface area (Å²) in [6.07, 6.45) is 1.46. The van der Waals surface area contributed by atoms with Crippen molar-refractivity contribution in [2.24, 2.45) is 5.73 Å². The minimum absolute atomic E-state index is 0.406. The smallest absolute Gasteiger partial charge is 0.248 e. The molecular weight excluding hydrogens is 350 g/mol. The molecule has 0 radical (unpaired) electrons. The summed E-state index contributed by atoms with van der Waals surface area (Å²) in [7, 11) is 0. The molecule has 3 aromatic carbocycles. The standard InChI is InChI=1S/C22H21N5O/c23-17-10-13(5-6-14-3-1-2-4-18(14)22(25)28)9-16(11-17)15-7-8-19-20(12-15)26-27-21(19)24/h1-4,7-12H,5-6,23H2,(H2,25,28)(H3,24,26,27). The van der Waals surface area contributed by atoms with Crippen LogP contribution in [0.25, 0.3) is 22.0 Å². The van der Waals surface area contributed by atoms with E-state index in [1.165, 1.54) is 0 Å². The van der Waals surface area contributed by atoms with Crippen LogP contribution in [0.1, 0.15) is 21.5 Å². The molecule has 0 atom stereocenters. The van der Waals surface area contributed by atoms with Crippen molar-refractivity contribution in [2.45, 2.75) is 12.8 Å². The van der Waals surface area contributed by atoms with E-state index in [0.717, 1.165) is 39.6 Å². The second kappa shape index (κ2) is 7.08. The third-order valence-electron chi connectivity index (χ3n) is 4.91. The lowest BCUT2D eigenvalue weighted by Gasteiger charge is -2.10. The van der Waals surface area contributed by atoms with E-state index in [9.17, 15) is 4.79 Å². The molecule has 0 saturated carbocycles. The molecule has 0 aliphatic rings. The van der Waals surface area contributed by atoms with Crippen LogP contribution in [0, 0.1) is 0 Å². The molecule has 0 fully saturated rings. The largest absolute Gasteiger partial charge is 0.399 e. The summed E-state index contributed by atoms with van der Waals surface area (Å²) in [5, 5.41) is 7.88. The summed E-state index contributed by atoms with van der Waals surface area (Å²) in [4.78, 5) is 11.6. The average molecular weight is 371 g/mol. The molecule has 1 heterocycles. The highest BCUT2D eigenvalue weighted by atomic mass is 16.1. The van der Waals surface area contributed by atoms with Gasteiger partial charge in [-0.1, -0.05) is 30.3 Å². The Balaban J connectivity index is 1.63. The topological polar surface area (TPSA) is 124 Å². The number of fused-ring (bicyclic) bond motifs is 1. The number of hydrogen-bond acceptors (Lipinski definition) is 4. The van der Waals surface area contributed by atoms with Gasteiger partial charge in [-0.15, -0.1) is 0 Å². The van der Waals surface area contributed by atoms with Gasteiger partial charge < -0.3 is 17.2 Å². The first-order valence-corrected chi connectivity index (χ1v) is 9.02. The second-order valence-corrected chi connectivity index (χ2v) is 6.85. The van der Waals surface area contributed by atoms with Gasteiger partial charge in [0.2, 0.25) is 5.91 Å². The Labute approximate surface area is 162 Å². The fourth-order valence-corrected chi connectivity index (χ4v) is 3.51. The zero-order valence-corrected chi connectivity index (χ0v) is 15.3. The van der Waals surface area contributed by atoms with Crippen molar-refractivity contribution in [1.82, 2.24) is 10.2 Å². The maximum atomic E-state index is 11.6. The number of amides is 1. The molecule has 7 N–H and O–H groups in total. The van der Waals surface area contributed by atoms with E-state index < -0.39 is 5.91 Å². The van der Waals surface area contributed by atoms with Gasteiger partial charge in [-0.3, -0.25) is 9.89 Å². The molecule has 0 aliphatic carbocycles. The number of nitrogens with one attached hydrogen (secondary N) is 1. The number of carbonyl (C=O) groups is 1. The third-order valence-corrected chi connectivity index (χ3v) is 4.91. The van der Waals surface area contributed by atoms with Crippen molar-refractivity contribution in [2.75, 3.05) is 11.5 Å². The van der Waals surface area contributed by atoms with E-state index in [1.807, 2.05) is 48.5 Å². The number of H-pyrrole nitrogens is 1. The van der Waals surface area contributed by atoms with Gasteiger partial charge in [0, 0.05) is 16.6 Å². The van der Waals surface area contributed by atoms with Crippen molar-refractivity contribution in [3.63, 3.8) is 0 Å². The number of carbonyl (C=O) groups excluding carboxylic acids is 1. The quantitative estimate of drug-likeness (QED) is 0.402. The Morgan fingerprint density at radius 3 is 2.57 bits per heavy atom. The van der Waals surface area contributed by atoms with Crippen molar-refractivity contribution in [3.05, 3.63) is 77.4 Å². The highest BCUT2D eigenvalue weighted by Gasteiger charge is 2.09. The van der Waals surface area contributed by atoms with E-state index in [1.54, 1.807) is 6.07 Å². The number of aromatic amines is 1. The van der Waals surface area contributed by atoms with Crippen LogP contribution in [0.2, 0.25) is 0 Å². The first kappa shape index (κ1) is 17.6. The summed E-state index contributed by atoms with van der Waals surface area (Å²) >= 11 is 0. The van der Waals surface area contributed by atoms with Gasteiger partial charge >= 0.3 is 0 Å². The average Bonchev–Trinajstić information content (AvgIpc) is 3.06. The zero-order valence-electron chi connectivity index (χ0n) is 15.3. The maximum Gasteiger partial charge on any atom is 0.248 e. The second-order valence-electron chi connectivity index (χ2n) is 6.85. The molecular formula is C22H21N5O. The minimum atomic E-state index is -0.406. The van der Waals surface area contributed by atoms with Crippen LogP contribution >= 0.6 is 0 Å². The van der Waals surface area contributed by atoms with Crippen LogP contribution in [0.3, 0.4) is 0 Å². The van der Waals surface area contributed by atoms with E-state index >= 15 is 0 Å². The van der Waals surface area contributed by atoms with Gasteiger partial charge in [0.25, 0.3) is 0 Å². The number of benzene rings is 3. The van der Waals surface area contributed by atoms with Crippen LogP contribution in [-0.4, -0.2) is 16.1 Å². The number of nitrogen functional groups attached to an aromatic ring is 2. The summed E-state index contributed by atoms with van der Waals surface area (Å²) in [6, 6.07) is 19.4. The van der Waals surface area contributed by atoms with Gasteiger partial charge in [0.05, 0.1) is 5.52 Å². The summed E-state index contributed by atoms with van der Waals surface area (Å²) in [6.45, 7) is 0. The molecule has 6 heteroatoms. The molecule has 0 spiro atoms. The van der Waals surface area contributed by atoms with Crippen LogP contribution in [0.15, 0.2) is 60.7 Å². The minimum Gasteiger partial charge on any atom is -0.399 e. The Hall–Kier alpha value is -3.80. The lowest BCUT2D eigenvalue weighted by atomic mass is 9.96. The summed E-state index contributed by atoms with van der Waals surface area (Å²) in [5.74, 6) is 0.0823. The van der Waals surface area contributed by atoms with Gasteiger partial charge in [-0.2, -0.15) is 5.10 Å². The number of anilines is 2. The Kier molecular flexibility index (Phi) is 4.45. The molecule has 140 valence electrons. The Morgan fingerprint density at radius 2 is 1.75 bits per heavy atom. The third kappa shape index (κ3) is 3.40. The predicted octanol–water partition coefficient (Wildman–Crippen LogP) is 3.28. The summed E-state index contributed by atoms with van der Waals surface area (Å²) in [5.41, 5.74) is 23.7. The van der Waals surface area contributed by atoms with Crippen LogP contribution in [-0.2, 0) is 12.8 Å². The monoisotopic (exact) mass is 371 g/mol. The fraction of sp³-hybridized carbons (Fsp3) is 0.0909. The lowest BCUT2D eigenvalue weighted by molar-refractivity contribution is 0.0999. The number of nitrogens with zero attached hydrogens (tertiary/aromatic N) is 1. The zero-order chi connectivity index (χ0) is 19.7. The first-order chi connectivity index (χ1) is 13.5. The van der Waals surface area contributed by atoms with E-state index in [4.69, 9.17) is 17.2 Å². The first-order valence-electron chi connectivity index (χ1n) is 9.02. The molecule has 4 aromatic rings. The van der Waals surface area contributed by atoms with Gasteiger partial charge in [-0.25, -0.2) is 0 Å². The highest BCUT2D eigenvalue weighted by molar-refractivity contribution is 5.94. The predicted molar refractivity (Wildman–Crippen MR) is 113 cm³/mol. The van der Waals surface area contributed by atoms with Crippen molar-refractivity contribution < 1.29 is 4.79 Å². The van der Waals surface area contributed by atoms with Gasteiger partial charge in [0.15, 0.2) is 5.82 Å². The normalized spacial score (nSPS) is 11.0. The van der Waals surface area contributed by atoms with E-state index in [0.29, 0.717) is 23.5 Å². The van der Waals surface area contributed by atoms with Crippen LogP contribution < -0.4 is 17.2 Å². The van der Waals surface area contributed by atoms with E-state index in [-0.39, 0.29) is 0 Å². The molecule has 6 nitrogen and oxygen atoms in total. The summed E-state index contributed by atoms with van der Waals surface area (Å²) < 4.78 is 0. The molecule has 28 heavy (non-hydrogen) atoms. The maximum absolute atomic E-state index is 11.6. The number of rotatable bonds is 5. The number of aromatic nitrogens is 2. The van der Waals surface area contributed by atoms with Gasteiger partial charge in [0.1, 0.15) is 0 Å². The molecule has 1 amide bonds. The number of hydrogen-bond donors (Lipinski definition) is 4. The number of aryl methyl sites for hydroxylation is 2. The molecule has 0 aliphatic heterocycles. The Bertz CT molecular complexity index is 1180. The number of primary amides is 1. The van der Waals surface area contributed by atoms with Gasteiger partial charge in [-0.05, 0) is 65.4 Å². The molecule has 1 aromatic heterocycles.